The molecule has 2 rings (SSSR count). The van der Waals surface area contributed by atoms with E-state index in [2.05, 4.69) is 0 Å². The largest absolute Gasteiger partial charge is 0.508 e. The van der Waals surface area contributed by atoms with Gasteiger partial charge in [-0.25, -0.2) is 8.42 Å². The van der Waals surface area contributed by atoms with Crippen LogP contribution >= 0.6 is 0 Å². The van der Waals surface area contributed by atoms with E-state index in [9.17, 15) is 28.9 Å². The molecule has 9 heteroatoms. The highest BCUT2D eigenvalue weighted by Crippen LogP contribution is 2.33. The van der Waals surface area contributed by atoms with Crippen LogP contribution in [0.2, 0.25) is 0 Å². The Hall–Kier alpha value is -3.12. The van der Waals surface area contributed by atoms with E-state index in [4.69, 9.17) is 0 Å². The van der Waals surface area contributed by atoms with Crippen LogP contribution < -0.4 is 4.31 Å². The number of hydrogen-bond acceptors (Lipinski definition) is 6. The van der Waals surface area contributed by atoms with E-state index in [1.54, 1.807) is 20.8 Å². The normalized spacial score (nSPS) is 11.2. The summed E-state index contributed by atoms with van der Waals surface area (Å²) in [5.74, 6) is -0.206. The third-order valence-corrected chi connectivity index (χ3v) is 5.86. The summed E-state index contributed by atoms with van der Waals surface area (Å²) in [5, 5.41) is 30.0. The maximum Gasteiger partial charge on any atom is 0.270 e. The van der Waals surface area contributed by atoms with Gasteiger partial charge in [0.2, 0.25) is 0 Å². The number of phenols is 1. The van der Waals surface area contributed by atoms with Crippen molar-refractivity contribution in [3.05, 3.63) is 57.6 Å². The number of sulfonamides is 1. The van der Waals surface area contributed by atoms with Crippen molar-refractivity contribution < 1.29 is 18.4 Å². The van der Waals surface area contributed by atoms with Gasteiger partial charge in [0.1, 0.15) is 11.8 Å². The minimum Gasteiger partial charge on any atom is -0.508 e. The number of hydrogen-bond donors (Lipinski definition) is 1. The van der Waals surface area contributed by atoms with Crippen molar-refractivity contribution in [3.8, 4) is 11.8 Å². The number of rotatable bonds is 5. The molecule has 2 aromatic rings. The molecular formula is C17H17N3O5S. The molecule has 1 N–H and O–H groups in total. The number of nitrogens with zero attached hydrogens (tertiary/aromatic N) is 3. The zero-order chi connectivity index (χ0) is 19.6. The lowest BCUT2D eigenvalue weighted by molar-refractivity contribution is -0.384. The summed E-state index contributed by atoms with van der Waals surface area (Å²) in [4.78, 5) is 10.2. The zero-order valence-electron chi connectivity index (χ0n) is 14.4. The predicted octanol–water partition coefficient (Wildman–Crippen LogP) is 3.08. The second kappa shape index (κ2) is 7.01. The molecule has 0 aromatic heterocycles. The van der Waals surface area contributed by atoms with Crippen LogP contribution in [0.3, 0.4) is 0 Å². The Kier molecular flexibility index (Phi) is 5.18. The molecule has 0 unspecified atom stereocenters. The summed E-state index contributed by atoms with van der Waals surface area (Å²) in [5.41, 5.74) is 0.0268. The zero-order valence-corrected chi connectivity index (χ0v) is 15.2. The van der Waals surface area contributed by atoms with Crippen molar-refractivity contribution in [1.82, 2.24) is 0 Å². The number of nitro groups is 1. The summed E-state index contributed by atoms with van der Waals surface area (Å²) in [6.45, 7) is 4.84. The Labute approximate surface area is 151 Å². The van der Waals surface area contributed by atoms with Crippen molar-refractivity contribution >= 4 is 21.4 Å². The van der Waals surface area contributed by atoms with Gasteiger partial charge in [-0.1, -0.05) is 6.07 Å². The number of benzene rings is 2. The Bertz CT molecular complexity index is 1010. The first kappa shape index (κ1) is 19.2. The van der Waals surface area contributed by atoms with Crippen molar-refractivity contribution in [2.75, 3.05) is 4.31 Å². The maximum absolute atomic E-state index is 13.2. The summed E-state index contributed by atoms with van der Waals surface area (Å²) in [7, 11) is -4.12. The molecule has 0 bridgehead atoms. The Morgan fingerprint density at radius 1 is 1.23 bits per heavy atom. The number of nitro benzene ring substituents is 1. The Morgan fingerprint density at radius 2 is 1.88 bits per heavy atom. The van der Waals surface area contributed by atoms with Crippen LogP contribution in [0.25, 0.3) is 0 Å². The van der Waals surface area contributed by atoms with Crippen LogP contribution in [0, 0.1) is 28.4 Å². The summed E-state index contributed by atoms with van der Waals surface area (Å²) < 4.78 is 27.4. The number of non-ortho nitro benzene ring substituents is 1. The number of aryl methyl sites for hydroxylation is 1. The number of anilines is 1. The van der Waals surface area contributed by atoms with Gasteiger partial charge in [-0.3, -0.25) is 14.4 Å². The molecule has 0 amide bonds. The van der Waals surface area contributed by atoms with Crippen LogP contribution in [0.5, 0.6) is 5.75 Å². The predicted molar refractivity (Wildman–Crippen MR) is 95.5 cm³/mol. The standard InChI is InChI=1S/C17H17N3O5S/c1-11(2)19(16-7-5-14(20(22)23)8-13(16)10-18)26(24,25)17-9-15(21)6-4-12(17)3/h4-9,11,21H,1-3H3. The van der Waals surface area contributed by atoms with E-state index in [-0.39, 0.29) is 27.6 Å². The second-order valence-electron chi connectivity index (χ2n) is 5.91. The van der Waals surface area contributed by atoms with Crippen molar-refractivity contribution in [2.24, 2.45) is 0 Å². The average Bonchev–Trinajstić information content (AvgIpc) is 2.56. The van der Waals surface area contributed by atoms with Crippen LogP contribution in [0.4, 0.5) is 11.4 Å². The number of nitriles is 1. The van der Waals surface area contributed by atoms with Gasteiger partial charge in [-0.2, -0.15) is 5.26 Å². The molecule has 0 heterocycles. The molecule has 2 aromatic carbocycles. The van der Waals surface area contributed by atoms with Crippen LogP contribution in [-0.4, -0.2) is 24.5 Å². The molecule has 0 fully saturated rings. The molecular weight excluding hydrogens is 358 g/mol. The minimum atomic E-state index is -4.12. The third-order valence-electron chi connectivity index (χ3n) is 3.73. The highest BCUT2D eigenvalue weighted by atomic mass is 32.2. The molecule has 136 valence electrons. The van der Waals surface area contributed by atoms with Gasteiger partial charge in [0, 0.05) is 24.2 Å². The van der Waals surface area contributed by atoms with Gasteiger partial charge in [-0.15, -0.1) is 0 Å². The SMILES string of the molecule is Cc1ccc(O)cc1S(=O)(=O)N(c1ccc([N+](=O)[O-])cc1C#N)C(C)C. The van der Waals surface area contributed by atoms with E-state index >= 15 is 0 Å². The van der Waals surface area contributed by atoms with Crippen molar-refractivity contribution in [2.45, 2.75) is 31.7 Å². The smallest absolute Gasteiger partial charge is 0.270 e. The molecule has 0 aliphatic carbocycles. The Balaban J connectivity index is 2.73. The first-order chi connectivity index (χ1) is 12.1. The van der Waals surface area contributed by atoms with E-state index in [1.807, 2.05) is 6.07 Å². The summed E-state index contributed by atoms with van der Waals surface area (Å²) >= 11 is 0. The van der Waals surface area contributed by atoms with Crippen molar-refractivity contribution in [3.63, 3.8) is 0 Å². The second-order valence-corrected chi connectivity index (χ2v) is 7.70. The average molecular weight is 375 g/mol. The summed E-state index contributed by atoms with van der Waals surface area (Å²) in [6.07, 6.45) is 0. The molecule has 0 saturated heterocycles. The lowest BCUT2D eigenvalue weighted by atomic mass is 10.1. The van der Waals surface area contributed by atoms with Gasteiger partial charge < -0.3 is 5.11 Å². The third kappa shape index (κ3) is 3.45. The van der Waals surface area contributed by atoms with Gasteiger partial charge >= 0.3 is 0 Å². The molecule has 26 heavy (non-hydrogen) atoms. The van der Waals surface area contributed by atoms with Gasteiger partial charge in [0.15, 0.2) is 0 Å². The Morgan fingerprint density at radius 3 is 2.42 bits per heavy atom. The fourth-order valence-corrected chi connectivity index (χ4v) is 4.51. The van der Waals surface area contributed by atoms with E-state index in [0.717, 1.165) is 22.5 Å². The lowest BCUT2D eigenvalue weighted by Gasteiger charge is -2.29. The van der Waals surface area contributed by atoms with Crippen molar-refractivity contribution in [1.29, 1.82) is 5.26 Å². The topological polar surface area (TPSA) is 125 Å². The number of aromatic hydroxyl groups is 1. The van der Waals surface area contributed by atoms with Crippen LogP contribution in [0.1, 0.15) is 25.0 Å². The quantitative estimate of drug-likeness (QED) is 0.632. The molecule has 0 spiro atoms. The molecule has 0 atom stereocenters. The number of phenolic OH excluding ortho intramolecular Hbond substituents is 1. The molecule has 0 radical (unpaired) electrons. The van der Waals surface area contributed by atoms with Crippen LogP contribution in [-0.2, 0) is 10.0 Å². The monoisotopic (exact) mass is 375 g/mol. The molecule has 8 nitrogen and oxygen atoms in total. The van der Waals surface area contributed by atoms with Gasteiger partial charge in [0.25, 0.3) is 15.7 Å². The van der Waals surface area contributed by atoms with Crippen LogP contribution in [0.15, 0.2) is 41.3 Å². The first-order valence-electron chi connectivity index (χ1n) is 7.62. The molecule has 0 saturated carbocycles. The highest BCUT2D eigenvalue weighted by Gasteiger charge is 2.31. The van der Waals surface area contributed by atoms with Gasteiger partial charge in [-0.05, 0) is 38.5 Å². The highest BCUT2D eigenvalue weighted by molar-refractivity contribution is 7.93. The van der Waals surface area contributed by atoms with Gasteiger partial charge in [0.05, 0.1) is 21.1 Å². The lowest BCUT2D eigenvalue weighted by Crippen LogP contribution is -2.37. The summed E-state index contributed by atoms with van der Waals surface area (Å²) in [6, 6.07) is 8.66. The van der Waals surface area contributed by atoms with E-state index in [1.165, 1.54) is 18.2 Å². The maximum atomic E-state index is 13.2. The minimum absolute atomic E-state index is 0.0378. The first-order valence-corrected chi connectivity index (χ1v) is 9.06. The van der Waals surface area contributed by atoms with E-state index < -0.39 is 21.0 Å². The fourth-order valence-electron chi connectivity index (χ4n) is 2.58. The molecule has 0 aliphatic rings. The fraction of sp³-hybridized carbons (Fsp3) is 0.235. The molecule has 0 aliphatic heterocycles. The van der Waals surface area contributed by atoms with E-state index in [0.29, 0.717) is 5.56 Å².